The van der Waals surface area contributed by atoms with Gasteiger partial charge in [-0.05, 0) is 67.1 Å². The summed E-state index contributed by atoms with van der Waals surface area (Å²) in [5.41, 5.74) is 2.23. The van der Waals surface area contributed by atoms with Gasteiger partial charge >= 0.3 is 0 Å². The molecule has 2 rings (SSSR count). The molecule has 0 unspecified atom stereocenters. The van der Waals surface area contributed by atoms with Crippen molar-refractivity contribution in [3.8, 4) is 5.75 Å². The maximum atomic E-state index is 10.9. The molecule has 1 N–H and O–H groups in total. The zero-order valence-electron chi connectivity index (χ0n) is 22.6. The van der Waals surface area contributed by atoms with Crippen LogP contribution in [0.25, 0.3) is 0 Å². The minimum atomic E-state index is -1.76. The molecule has 0 spiro atoms. The van der Waals surface area contributed by atoms with E-state index in [1.54, 1.807) is 7.11 Å². The highest BCUT2D eigenvalue weighted by Crippen LogP contribution is 2.36. The van der Waals surface area contributed by atoms with Gasteiger partial charge in [-0.25, -0.2) is 0 Å². The van der Waals surface area contributed by atoms with Crippen molar-refractivity contribution < 1.29 is 23.7 Å². The van der Waals surface area contributed by atoms with Crippen molar-refractivity contribution in [3.63, 3.8) is 0 Å². The molecule has 5 nitrogen and oxygen atoms in total. The van der Waals surface area contributed by atoms with Crippen molar-refractivity contribution in [2.24, 2.45) is 0 Å². The van der Waals surface area contributed by atoms with Crippen LogP contribution in [0, 0.1) is 0 Å². The van der Waals surface area contributed by atoms with Gasteiger partial charge in [0.15, 0.2) is 8.32 Å². The smallest absolute Gasteiger partial charge is 0.191 e. The number of benzene rings is 2. The van der Waals surface area contributed by atoms with E-state index in [1.165, 1.54) is 0 Å². The lowest BCUT2D eigenvalue weighted by Gasteiger charge is -2.36. The van der Waals surface area contributed by atoms with E-state index in [1.807, 2.05) is 42.5 Å². The highest BCUT2D eigenvalue weighted by molar-refractivity contribution is 6.74. The predicted molar refractivity (Wildman–Crippen MR) is 145 cm³/mol. The summed E-state index contributed by atoms with van der Waals surface area (Å²) in [6.45, 7) is 13.6. The maximum Gasteiger partial charge on any atom is 0.191 e. The zero-order chi connectivity index (χ0) is 25.7. The van der Waals surface area contributed by atoms with Gasteiger partial charge in [0.05, 0.1) is 32.5 Å². The number of methoxy groups -OCH3 is 1. The molecule has 2 aromatic rings. The van der Waals surface area contributed by atoms with Crippen LogP contribution >= 0.6 is 0 Å². The van der Waals surface area contributed by atoms with E-state index >= 15 is 0 Å². The standard InChI is InChI=1S/C29H46O5Si/c1-29(2,3)35(5,6)34-21-10-14-27(30)28(33-23-24-12-8-7-9-13-24)15-11-20-32-22-25-16-18-26(31-4)19-17-25/h7-9,12-13,16-19,27-28,30H,10-11,14-15,20-23H2,1-6H3/t27-,28-/m0/s1. The Balaban J connectivity index is 1.79. The van der Waals surface area contributed by atoms with Crippen molar-refractivity contribution in [3.05, 3.63) is 65.7 Å². The summed E-state index contributed by atoms with van der Waals surface area (Å²) < 4.78 is 23.5. The molecule has 0 fully saturated rings. The van der Waals surface area contributed by atoms with Gasteiger partial charge < -0.3 is 23.7 Å². The fourth-order valence-electron chi connectivity index (χ4n) is 3.48. The summed E-state index contributed by atoms with van der Waals surface area (Å²) in [6.07, 6.45) is 2.32. The number of aliphatic hydroxyl groups excluding tert-OH is 1. The lowest BCUT2D eigenvalue weighted by Crippen LogP contribution is -2.41. The van der Waals surface area contributed by atoms with E-state index in [4.69, 9.17) is 18.6 Å². The molecular weight excluding hydrogens is 456 g/mol. The number of hydrogen-bond acceptors (Lipinski definition) is 5. The molecule has 0 aliphatic heterocycles. The maximum absolute atomic E-state index is 10.9. The first-order valence-corrected chi connectivity index (χ1v) is 15.7. The molecule has 0 aromatic heterocycles. The number of hydrogen-bond donors (Lipinski definition) is 1. The predicted octanol–water partition coefficient (Wildman–Crippen LogP) is 6.74. The number of rotatable bonds is 16. The Morgan fingerprint density at radius 3 is 2.09 bits per heavy atom. The monoisotopic (exact) mass is 502 g/mol. The minimum Gasteiger partial charge on any atom is -0.497 e. The Morgan fingerprint density at radius 1 is 0.829 bits per heavy atom. The van der Waals surface area contributed by atoms with Crippen molar-refractivity contribution >= 4 is 8.32 Å². The highest BCUT2D eigenvalue weighted by atomic mass is 28.4. The van der Waals surface area contributed by atoms with Gasteiger partial charge in [-0.3, -0.25) is 0 Å². The normalized spacial score (nSPS) is 14.0. The molecule has 0 aliphatic carbocycles. The molecule has 196 valence electrons. The Morgan fingerprint density at radius 2 is 1.46 bits per heavy atom. The molecule has 6 heteroatoms. The first-order chi connectivity index (χ1) is 16.6. The van der Waals surface area contributed by atoms with Crippen molar-refractivity contribution in [1.29, 1.82) is 0 Å². The van der Waals surface area contributed by atoms with Gasteiger partial charge in [0.25, 0.3) is 0 Å². The van der Waals surface area contributed by atoms with Crippen LogP contribution in [0.5, 0.6) is 5.75 Å². The molecule has 2 aromatic carbocycles. The van der Waals surface area contributed by atoms with Crippen LogP contribution in [0.1, 0.15) is 57.6 Å². The molecule has 0 heterocycles. The lowest BCUT2D eigenvalue weighted by molar-refractivity contribution is -0.0577. The first-order valence-electron chi connectivity index (χ1n) is 12.8. The van der Waals surface area contributed by atoms with Crippen LogP contribution in [0.2, 0.25) is 18.1 Å². The van der Waals surface area contributed by atoms with E-state index in [0.717, 1.165) is 36.1 Å². The van der Waals surface area contributed by atoms with Crippen LogP contribution in [0.15, 0.2) is 54.6 Å². The molecule has 0 saturated carbocycles. The van der Waals surface area contributed by atoms with Crippen LogP contribution < -0.4 is 4.74 Å². The second-order valence-corrected chi connectivity index (χ2v) is 15.5. The second kappa shape index (κ2) is 14.8. The number of ether oxygens (including phenoxy) is 3. The first kappa shape index (κ1) is 29.5. The summed E-state index contributed by atoms with van der Waals surface area (Å²) in [5, 5.41) is 11.1. The average Bonchev–Trinajstić information content (AvgIpc) is 2.83. The van der Waals surface area contributed by atoms with Crippen molar-refractivity contribution in [2.75, 3.05) is 20.3 Å². The Bertz CT molecular complexity index is 817. The quantitative estimate of drug-likeness (QED) is 0.203. The third-order valence-corrected chi connectivity index (χ3v) is 11.4. The summed E-state index contributed by atoms with van der Waals surface area (Å²) in [4.78, 5) is 0. The molecule has 2 atom stereocenters. The molecule has 0 amide bonds. The summed E-state index contributed by atoms with van der Waals surface area (Å²) in [5.74, 6) is 0.843. The summed E-state index contributed by atoms with van der Waals surface area (Å²) >= 11 is 0. The molecule has 0 saturated heterocycles. The van der Waals surface area contributed by atoms with Crippen LogP contribution in [-0.4, -0.2) is 46.0 Å². The van der Waals surface area contributed by atoms with Crippen molar-refractivity contribution in [1.82, 2.24) is 0 Å². The summed E-state index contributed by atoms with van der Waals surface area (Å²) in [6, 6.07) is 18.0. The van der Waals surface area contributed by atoms with Gasteiger partial charge in [0, 0.05) is 13.2 Å². The van der Waals surface area contributed by atoms with E-state index in [-0.39, 0.29) is 11.1 Å². The van der Waals surface area contributed by atoms with Gasteiger partial charge in [0.2, 0.25) is 0 Å². The molecule has 0 aliphatic rings. The SMILES string of the molecule is COc1ccc(COCCC[C@H](OCc2ccccc2)[C@@H](O)CCCO[Si](C)(C)C(C)(C)C)cc1. The Labute approximate surface area is 213 Å². The van der Waals surface area contributed by atoms with E-state index in [0.29, 0.717) is 32.8 Å². The van der Waals surface area contributed by atoms with E-state index in [2.05, 4.69) is 46.0 Å². The fourth-order valence-corrected chi connectivity index (χ4v) is 4.57. The third kappa shape index (κ3) is 10.8. The van der Waals surface area contributed by atoms with Crippen LogP contribution in [-0.2, 0) is 27.1 Å². The van der Waals surface area contributed by atoms with Crippen molar-refractivity contribution in [2.45, 2.75) is 90.0 Å². The van der Waals surface area contributed by atoms with E-state index in [9.17, 15) is 5.11 Å². The molecule has 35 heavy (non-hydrogen) atoms. The lowest BCUT2D eigenvalue weighted by atomic mass is 10.0. The minimum absolute atomic E-state index is 0.193. The van der Waals surface area contributed by atoms with Gasteiger partial charge in [0.1, 0.15) is 5.75 Å². The highest BCUT2D eigenvalue weighted by Gasteiger charge is 2.36. The van der Waals surface area contributed by atoms with E-state index < -0.39 is 14.4 Å². The van der Waals surface area contributed by atoms with Crippen LogP contribution in [0.3, 0.4) is 0 Å². The molecular formula is C29H46O5Si. The average molecular weight is 503 g/mol. The van der Waals surface area contributed by atoms with Gasteiger partial charge in [-0.15, -0.1) is 0 Å². The topological polar surface area (TPSA) is 57.2 Å². The van der Waals surface area contributed by atoms with Crippen LogP contribution in [0.4, 0.5) is 0 Å². The molecule has 0 radical (unpaired) electrons. The van der Waals surface area contributed by atoms with Gasteiger partial charge in [-0.2, -0.15) is 0 Å². The third-order valence-electron chi connectivity index (χ3n) is 6.85. The largest absolute Gasteiger partial charge is 0.497 e. The Hall–Kier alpha value is -1.70. The zero-order valence-corrected chi connectivity index (χ0v) is 23.6. The summed E-state index contributed by atoms with van der Waals surface area (Å²) in [7, 11) is -0.0991. The molecule has 0 bridgehead atoms. The fraction of sp³-hybridized carbons (Fsp3) is 0.586. The second-order valence-electron chi connectivity index (χ2n) is 10.7. The number of aliphatic hydroxyl groups is 1. The Kier molecular flexibility index (Phi) is 12.5. The van der Waals surface area contributed by atoms with Gasteiger partial charge in [-0.1, -0.05) is 63.2 Å².